The number of hydrogen-bond acceptors (Lipinski definition) is 28. The molecule has 0 atom stereocenters. The molecule has 0 spiro atoms. The summed E-state index contributed by atoms with van der Waals surface area (Å²) in [4.78, 5) is 0. The zero-order chi connectivity index (χ0) is 52.4. The van der Waals surface area contributed by atoms with Crippen LogP contribution in [0.2, 0.25) is 0 Å². The molecule has 0 saturated carbocycles. The van der Waals surface area contributed by atoms with Crippen molar-refractivity contribution in [3.63, 3.8) is 0 Å². The summed E-state index contributed by atoms with van der Waals surface area (Å²) in [7, 11) is -4.21. The highest BCUT2D eigenvalue weighted by Gasteiger charge is 2.44. The van der Waals surface area contributed by atoms with E-state index in [1.165, 1.54) is 0 Å². The van der Waals surface area contributed by atoms with E-state index in [9.17, 15) is 0 Å². The van der Waals surface area contributed by atoms with Crippen LogP contribution in [0.4, 0.5) is 0 Å². The maximum Gasteiger partial charge on any atom is 0.349 e. The first-order chi connectivity index (χ1) is 35.3. The molecule has 1 aliphatic heterocycles. The van der Waals surface area contributed by atoms with Crippen LogP contribution in [0.5, 0.6) is 0 Å². The zero-order valence-corrected chi connectivity index (χ0v) is 47.6. The molecule has 0 bridgehead atoms. The minimum Gasteiger partial charge on any atom is -0.382 e. The Bertz CT molecular complexity index is 1160. The summed E-state index contributed by atoms with van der Waals surface area (Å²) in [5, 5.41) is 0. The highest BCUT2D eigenvalue weighted by molar-refractivity contribution is 7.78. The second-order valence-electron chi connectivity index (χ2n) is 13.8. The lowest BCUT2D eigenvalue weighted by atomic mass is 10.7. The Morgan fingerprint density at radius 2 is 0.278 bits per heavy atom. The maximum atomic E-state index is 6.70. The Balaban J connectivity index is 4.55. The SMILES string of the molecule is COCCOCCOP1(OCCOCCOC)=NP(OCCOCCOC)(OCCOCCOC)=NP(OCCOCCOC)(OCCOCCOC)=NP(OCCOCCOC)(OCCOCCOC)=N1. The lowest BCUT2D eigenvalue weighted by Gasteiger charge is -2.33. The van der Waals surface area contributed by atoms with Crippen molar-refractivity contribution in [2.24, 2.45) is 18.1 Å². The van der Waals surface area contributed by atoms with Crippen molar-refractivity contribution >= 4 is 30.6 Å². The van der Waals surface area contributed by atoms with Crippen LogP contribution in [0, 0.1) is 0 Å². The number of hydrogen-bond donors (Lipinski definition) is 0. The molecule has 432 valence electrons. The minimum atomic E-state index is -4.20. The van der Waals surface area contributed by atoms with E-state index in [4.69, 9.17) is 130 Å². The van der Waals surface area contributed by atoms with Crippen LogP contribution >= 0.6 is 30.6 Å². The van der Waals surface area contributed by atoms with Crippen LogP contribution in [0.3, 0.4) is 0 Å². The van der Waals surface area contributed by atoms with E-state index in [2.05, 4.69) is 0 Å². The van der Waals surface area contributed by atoms with E-state index in [0.29, 0.717) is 52.9 Å². The van der Waals surface area contributed by atoms with E-state index in [0.717, 1.165) is 0 Å². The second-order valence-corrected chi connectivity index (χ2v) is 22.7. The molecule has 1 rings (SSSR count). The van der Waals surface area contributed by atoms with Crippen molar-refractivity contribution in [2.45, 2.75) is 0 Å². The largest absolute Gasteiger partial charge is 0.382 e. The molecular formula is C40H88N4O24P4. The Morgan fingerprint density at radius 3 is 0.389 bits per heavy atom. The molecule has 0 radical (unpaired) electrons. The van der Waals surface area contributed by atoms with Crippen LogP contribution in [0.15, 0.2) is 18.1 Å². The summed E-state index contributed by atoms with van der Waals surface area (Å²) in [6.45, 7) is 4.54. The van der Waals surface area contributed by atoms with Crippen molar-refractivity contribution < 1.29 is 112 Å². The maximum absolute atomic E-state index is 6.70. The molecule has 0 N–H and O–H groups in total. The Kier molecular flexibility index (Phi) is 47.9. The summed E-state index contributed by atoms with van der Waals surface area (Å²) in [6, 6.07) is 0. The molecule has 1 aliphatic rings. The summed E-state index contributed by atoms with van der Waals surface area (Å²) >= 11 is 0. The van der Waals surface area contributed by atoms with E-state index in [-0.39, 0.29) is 159 Å². The highest BCUT2D eigenvalue weighted by atomic mass is 31.3. The molecule has 0 aromatic carbocycles. The Morgan fingerprint density at radius 1 is 0.167 bits per heavy atom. The van der Waals surface area contributed by atoms with Gasteiger partial charge in [-0.05, 0) is 0 Å². The standard InChI is InChI=1S/C40H88N4O24P4/c1-45-9-17-53-25-33-61-69(62-34-26-54-18-10-46-2)41-70(63-35-27-55-19-11-47-3,64-36-28-56-20-12-48-4)43-72(67-39-31-59-23-15-51-7,68-40-32-60-24-16-52-8)44-71(42-69,65-37-29-57-21-13-49-5)66-38-30-58-22-14-50-6/h9-40H2,1-8H3. The lowest BCUT2D eigenvalue weighted by Crippen LogP contribution is -2.15. The fraction of sp³-hybridized carbons (Fsp3) is 1.00. The molecule has 32 heteroatoms. The van der Waals surface area contributed by atoms with Crippen LogP contribution < -0.4 is 0 Å². The van der Waals surface area contributed by atoms with Gasteiger partial charge in [-0.25, -0.2) is 0 Å². The summed E-state index contributed by atoms with van der Waals surface area (Å²) in [5.74, 6) is 0. The molecule has 0 aliphatic carbocycles. The third-order valence-corrected chi connectivity index (χ3v) is 19.6. The van der Waals surface area contributed by atoms with Crippen molar-refractivity contribution in [1.82, 2.24) is 0 Å². The minimum absolute atomic E-state index is 0.0646. The van der Waals surface area contributed by atoms with Crippen LogP contribution in [-0.2, 0) is 112 Å². The van der Waals surface area contributed by atoms with E-state index in [1.54, 1.807) is 56.9 Å². The Hall–Kier alpha value is -0.0400. The first kappa shape index (κ1) is 70.0. The van der Waals surface area contributed by atoms with Gasteiger partial charge in [0, 0.05) is 56.9 Å². The third-order valence-electron chi connectivity index (χ3n) is 8.26. The Labute approximate surface area is 428 Å². The normalized spacial score (nSPS) is 15.9. The van der Waals surface area contributed by atoms with Crippen molar-refractivity contribution in [3.05, 3.63) is 0 Å². The predicted octanol–water partition coefficient (Wildman–Crippen LogP) is 5.22. The van der Waals surface area contributed by atoms with Gasteiger partial charge in [-0.1, -0.05) is 0 Å². The molecular weight excluding hydrogens is 1040 g/mol. The van der Waals surface area contributed by atoms with Crippen molar-refractivity contribution in [2.75, 3.05) is 268 Å². The summed E-state index contributed by atoms with van der Waals surface area (Å²) in [6.07, 6.45) is 0. The number of ether oxygens (including phenoxy) is 16. The fourth-order valence-electron chi connectivity index (χ4n) is 4.88. The molecule has 0 saturated heterocycles. The number of methoxy groups -OCH3 is 8. The first-order valence-electron chi connectivity index (χ1n) is 23.6. The van der Waals surface area contributed by atoms with Gasteiger partial charge in [-0.2, -0.15) is 0 Å². The molecule has 0 aromatic rings. The van der Waals surface area contributed by atoms with E-state index < -0.39 is 30.6 Å². The van der Waals surface area contributed by atoms with Gasteiger partial charge in [0.15, 0.2) is 0 Å². The number of rotatable bonds is 56. The van der Waals surface area contributed by atoms with Gasteiger partial charge >= 0.3 is 30.6 Å². The lowest BCUT2D eigenvalue weighted by molar-refractivity contribution is 0.0407. The van der Waals surface area contributed by atoms with Gasteiger partial charge in [-0.3, -0.25) is 0 Å². The first-order valence-corrected chi connectivity index (χ1v) is 29.7. The van der Waals surface area contributed by atoms with E-state index >= 15 is 0 Å². The van der Waals surface area contributed by atoms with Gasteiger partial charge in [0.2, 0.25) is 0 Å². The van der Waals surface area contributed by atoms with Gasteiger partial charge in [-0.15, -0.1) is 18.1 Å². The molecule has 0 fully saturated rings. The summed E-state index contributed by atoms with van der Waals surface area (Å²) in [5.41, 5.74) is 0. The molecule has 0 aromatic heterocycles. The molecule has 72 heavy (non-hydrogen) atoms. The topological polar surface area (TPSA) is 271 Å². The fourth-order valence-corrected chi connectivity index (χ4v) is 17.4. The number of nitrogens with zero attached hydrogens (tertiary/aromatic N) is 4. The van der Waals surface area contributed by atoms with E-state index in [1.807, 2.05) is 0 Å². The van der Waals surface area contributed by atoms with Crippen molar-refractivity contribution in [1.29, 1.82) is 0 Å². The van der Waals surface area contributed by atoms with Crippen LogP contribution in [-0.4, -0.2) is 268 Å². The summed E-state index contributed by atoms with van der Waals surface area (Å²) < 4.78 is 163. The van der Waals surface area contributed by atoms with Gasteiger partial charge in [0.1, 0.15) is 0 Å². The molecule has 28 nitrogen and oxygen atoms in total. The molecule has 0 amide bonds. The monoisotopic (exact) mass is 1130 g/mol. The van der Waals surface area contributed by atoms with Gasteiger partial charge < -0.3 is 112 Å². The molecule has 1 heterocycles. The second kappa shape index (κ2) is 49.3. The predicted molar refractivity (Wildman–Crippen MR) is 267 cm³/mol. The average molecular weight is 1130 g/mol. The quantitative estimate of drug-likeness (QED) is 0.0558. The third kappa shape index (κ3) is 36.1. The zero-order valence-electron chi connectivity index (χ0n) is 44.0. The smallest absolute Gasteiger partial charge is 0.349 e. The highest BCUT2D eigenvalue weighted by Crippen LogP contribution is 2.81. The van der Waals surface area contributed by atoms with Crippen LogP contribution in [0.1, 0.15) is 0 Å². The average Bonchev–Trinajstić information content (AvgIpc) is 3.37. The van der Waals surface area contributed by atoms with Crippen LogP contribution in [0.25, 0.3) is 0 Å². The van der Waals surface area contributed by atoms with Gasteiger partial charge in [0.25, 0.3) is 0 Å². The molecule has 0 unspecified atom stereocenters. The van der Waals surface area contributed by atoms with Gasteiger partial charge in [0.05, 0.1) is 211 Å². The van der Waals surface area contributed by atoms with Crippen molar-refractivity contribution in [3.8, 4) is 0 Å².